The Labute approximate surface area is 190 Å². The minimum Gasteiger partial charge on any atom is -0.378 e. The van der Waals surface area contributed by atoms with Gasteiger partial charge in [0.05, 0.1) is 34.6 Å². The number of thioether (sulfide) groups is 1. The monoisotopic (exact) mass is 455 g/mol. The summed E-state index contributed by atoms with van der Waals surface area (Å²) in [4.78, 5) is 32.4. The highest BCUT2D eigenvalue weighted by molar-refractivity contribution is 8.01. The molecule has 1 aromatic heterocycles. The molecule has 1 N–H and O–H groups in total. The number of amides is 2. The van der Waals surface area contributed by atoms with E-state index in [1.54, 1.807) is 52.3 Å². The Balaban J connectivity index is 1.50. The highest BCUT2D eigenvalue weighted by atomic mass is 32.2. The molecule has 1 aliphatic rings. The maximum absolute atomic E-state index is 13.0. The largest absolute Gasteiger partial charge is 0.378 e. The number of aromatic nitrogens is 1. The Kier molecular flexibility index (Phi) is 7.21. The molecule has 0 atom stereocenters. The summed E-state index contributed by atoms with van der Waals surface area (Å²) in [5.41, 5.74) is 2.42. The number of benzene rings is 2. The van der Waals surface area contributed by atoms with Gasteiger partial charge in [0.2, 0.25) is 0 Å². The van der Waals surface area contributed by atoms with Gasteiger partial charge in [-0.3, -0.25) is 9.59 Å². The van der Waals surface area contributed by atoms with Crippen LogP contribution >= 0.6 is 23.1 Å². The first-order valence-electron chi connectivity index (χ1n) is 10.5. The summed E-state index contributed by atoms with van der Waals surface area (Å²) in [5.74, 6) is 0.632. The fourth-order valence-corrected chi connectivity index (χ4v) is 5.61. The molecule has 0 unspecified atom stereocenters. The van der Waals surface area contributed by atoms with Crippen molar-refractivity contribution in [3.63, 3.8) is 0 Å². The van der Waals surface area contributed by atoms with Crippen molar-refractivity contribution in [1.82, 2.24) is 9.88 Å². The molecule has 3 aromatic rings. The summed E-state index contributed by atoms with van der Waals surface area (Å²) in [5, 5.41) is 2.95. The third-order valence-electron chi connectivity index (χ3n) is 5.05. The summed E-state index contributed by atoms with van der Waals surface area (Å²) >= 11 is 3.41. The molecule has 0 bridgehead atoms. The van der Waals surface area contributed by atoms with Crippen LogP contribution in [-0.4, -0.2) is 53.8 Å². The van der Waals surface area contributed by atoms with E-state index in [4.69, 9.17) is 4.74 Å². The summed E-state index contributed by atoms with van der Waals surface area (Å²) in [6.45, 7) is 4.30. The van der Waals surface area contributed by atoms with Crippen LogP contribution in [-0.2, 0) is 4.74 Å². The standard InChI is InChI=1S/C23H25N3O3S2/c1-2-3-14-30-23-25-19-9-8-16(15-20(19)31-23)24-21(27)17-6-4-5-7-18(17)22(28)26-10-12-29-13-11-26/h4-9,15H,2-3,10-14H2,1H3,(H,24,27). The lowest BCUT2D eigenvalue weighted by molar-refractivity contribution is 0.0302. The zero-order valence-corrected chi connectivity index (χ0v) is 19.1. The van der Waals surface area contributed by atoms with E-state index >= 15 is 0 Å². The van der Waals surface area contributed by atoms with Crippen molar-refractivity contribution in [3.8, 4) is 0 Å². The van der Waals surface area contributed by atoms with Crippen LogP contribution in [0.2, 0.25) is 0 Å². The van der Waals surface area contributed by atoms with Crippen molar-refractivity contribution >= 4 is 50.8 Å². The maximum atomic E-state index is 13.0. The van der Waals surface area contributed by atoms with Crippen LogP contribution in [0.1, 0.15) is 40.5 Å². The van der Waals surface area contributed by atoms with Gasteiger partial charge in [0.1, 0.15) is 0 Å². The first-order chi connectivity index (χ1) is 15.2. The second kappa shape index (κ2) is 10.3. The predicted molar refractivity (Wildman–Crippen MR) is 126 cm³/mol. The average molecular weight is 456 g/mol. The molecular formula is C23H25N3O3S2. The smallest absolute Gasteiger partial charge is 0.256 e. The highest BCUT2D eigenvalue weighted by Gasteiger charge is 2.23. The molecule has 1 aliphatic heterocycles. The van der Waals surface area contributed by atoms with Crippen LogP contribution in [0, 0.1) is 0 Å². The Morgan fingerprint density at radius 1 is 1.16 bits per heavy atom. The normalized spacial score (nSPS) is 14.0. The predicted octanol–water partition coefficient (Wildman–Crippen LogP) is 4.91. The molecule has 0 radical (unpaired) electrons. The number of nitrogens with one attached hydrogen (secondary N) is 1. The van der Waals surface area contributed by atoms with Gasteiger partial charge in [0.25, 0.3) is 11.8 Å². The molecule has 6 nitrogen and oxygen atoms in total. The molecule has 4 rings (SSSR count). The second-order valence-corrected chi connectivity index (χ2v) is 9.64. The summed E-state index contributed by atoms with van der Waals surface area (Å²) in [6, 6.07) is 12.7. The zero-order chi connectivity index (χ0) is 21.6. The van der Waals surface area contributed by atoms with E-state index in [2.05, 4.69) is 17.2 Å². The molecule has 2 aromatic carbocycles. The lowest BCUT2D eigenvalue weighted by Gasteiger charge is -2.27. The minimum atomic E-state index is -0.293. The summed E-state index contributed by atoms with van der Waals surface area (Å²) in [6.07, 6.45) is 2.34. The number of hydrogen-bond acceptors (Lipinski definition) is 6. The van der Waals surface area contributed by atoms with Crippen LogP contribution in [0.15, 0.2) is 46.8 Å². The number of carbonyl (C=O) groups excluding carboxylic acids is 2. The van der Waals surface area contributed by atoms with Crippen LogP contribution < -0.4 is 5.32 Å². The quantitative estimate of drug-likeness (QED) is 0.405. The topological polar surface area (TPSA) is 71.5 Å². The maximum Gasteiger partial charge on any atom is 0.256 e. The summed E-state index contributed by atoms with van der Waals surface area (Å²) < 4.78 is 7.41. The number of thiazole rings is 1. The van der Waals surface area contributed by atoms with Gasteiger partial charge in [-0.15, -0.1) is 11.3 Å². The van der Waals surface area contributed by atoms with Crippen LogP contribution in [0.5, 0.6) is 0 Å². The van der Waals surface area contributed by atoms with Crippen molar-refractivity contribution in [2.24, 2.45) is 0 Å². The van der Waals surface area contributed by atoms with Gasteiger partial charge < -0.3 is 15.0 Å². The van der Waals surface area contributed by atoms with Gasteiger partial charge in [-0.2, -0.15) is 0 Å². The second-order valence-electron chi connectivity index (χ2n) is 7.27. The fraction of sp³-hybridized carbons (Fsp3) is 0.348. The molecule has 31 heavy (non-hydrogen) atoms. The number of ether oxygens (including phenoxy) is 1. The fourth-order valence-electron chi connectivity index (χ4n) is 3.35. The van der Waals surface area contributed by atoms with Gasteiger partial charge in [-0.25, -0.2) is 4.98 Å². The third-order valence-corrected chi connectivity index (χ3v) is 7.30. The lowest BCUT2D eigenvalue weighted by atomic mass is 10.0. The molecule has 2 amide bonds. The Morgan fingerprint density at radius 2 is 1.94 bits per heavy atom. The Hall–Kier alpha value is -2.42. The zero-order valence-electron chi connectivity index (χ0n) is 17.4. The Bertz CT molecular complexity index is 1080. The molecule has 0 saturated carbocycles. The van der Waals surface area contributed by atoms with E-state index in [1.165, 1.54) is 12.8 Å². The van der Waals surface area contributed by atoms with Crippen molar-refractivity contribution in [2.75, 3.05) is 37.4 Å². The van der Waals surface area contributed by atoms with Gasteiger partial charge in [-0.1, -0.05) is 37.2 Å². The number of anilines is 1. The molecule has 8 heteroatoms. The SMILES string of the molecule is CCCCSc1nc2ccc(NC(=O)c3ccccc3C(=O)N3CCOCC3)cc2s1. The minimum absolute atomic E-state index is 0.138. The molecule has 2 heterocycles. The van der Waals surface area contributed by atoms with E-state index in [0.717, 1.165) is 20.3 Å². The lowest BCUT2D eigenvalue weighted by Crippen LogP contribution is -2.41. The molecular weight excluding hydrogens is 430 g/mol. The van der Waals surface area contributed by atoms with E-state index in [9.17, 15) is 9.59 Å². The molecule has 0 spiro atoms. The summed E-state index contributed by atoms with van der Waals surface area (Å²) in [7, 11) is 0. The molecule has 162 valence electrons. The van der Waals surface area contributed by atoms with Crippen molar-refractivity contribution in [3.05, 3.63) is 53.6 Å². The van der Waals surface area contributed by atoms with Crippen molar-refractivity contribution < 1.29 is 14.3 Å². The van der Waals surface area contributed by atoms with Crippen LogP contribution in [0.25, 0.3) is 10.2 Å². The molecule has 0 aliphatic carbocycles. The van der Waals surface area contributed by atoms with Crippen LogP contribution in [0.3, 0.4) is 0 Å². The van der Waals surface area contributed by atoms with Crippen molar-refractivity contribution in [1.29, 1.82) is 0 Å². The third kappa shape index (κ3) is 5.26. The average Bonchev–Trinajstić information content (AvgIpc) is 3.21. The molecule has 1 saturated heterocycles. The van der Waals surface area contributed by atoms with Gasteiger partial charge >= 0.3 is 0 Å². The first kappa shape index (κ1) is 21.8. The van der Waals surface area contributed by atoms with Gasteiger partial charge in [-0.05, 0) is 36.8 Å². The number of rotatable bonds is 7. The van der Waals surface area contributed by atoms with E-state index in [-0.39, 0.29) is 11.8 Å². The van der Waals surface area contributed by atoms with Gasteiger partial charge in [0.15, 0.2) is 4.34 Å². The number of unbranched alkanes of at least 4 members (excludes halogenated alkanes) is 1. The van der Waals surface area contributed by atoms with E-state index < -0.39 is 0 Å². The number of carbonyl (C=O) groups is 2. The van der Waals surface area contributed by atoms with E-state index in [1.807, 2.05) is 18.2 Å². The Morgan fingerprint density at radius 3 is 2.71 bits per heavy atom. The number of fused-ring (bicyclic) bond motifs is 1. The van der Waals surface area contributed by atoms with Crippen LogP contribution in [0.4, 0.5) is 5.69 Å². The molecule has 1 fully saturated rings. The van der Waals surface area contributed by atoms with E-state index in [0.29, 0.717) is 43.1 Å². The number of hydrogen-bond donors (Lipinski definition) is 1. The van der Waals surface area contributed by atoms with Crippen molar-refractivity contribution in [2.45, 2.75) is 24.1 Å². The number of nitrogens with zero attached hydrogens (tertiary/aromatic N) is 2. The first-order valence-corrected chi connectivity index (χ1v) is 12.3. The highest BCUT2D eigenvalue weighted by Crippen LogP contribution is 2.32. The number of morpholine rings is 1. The van der Waals surface area contributed by atoms with Gasteiger partial charge in [0, 0.05) is 24.5 Å².